The molecule has 0 bridgehead atoms. The van der Waals surface area contributed by atoms with E-state index in [1.54, 1.807) is 0 Å². The molecule has 0 aliphatic carbocycles. The zero-order chi connectivity index (χ0) is 15.6. The normalized spacial score (nSPS) is 12.6. The molecule has 6 nitrogen and oxygen atoms in total. The fraction of sp³-hybridized carbons (Fsp3) is 0.176. The molecule has 0 saturated carbocycles. The molecule has 2 aromatic carbocycles. The minimum atomic E-state index is 0.251. The molecule has 0 saturated heterocycles. The molecule has 23 heavy (non-hydrogen) atoms. The molecule has 116 valence electrons. The van der Waals surface area contributed by atoms with Crippen LogP contribution in [0.2, 0.25) is 0 Å². The Kier molecular flexibility index (Phi) is 3.44. The van der Waals surface area contributed by atoms with Crippen molar-refractivity contribution in [2.24, 2.45) is 5.73 Å². The molecule has 1 aliphatic rings. The van der Waals surface area contributed by atoms with Gasteiger partial charge in [-0.2, -0.15) is 0 Å². The van der Waals surface area contributed by atoms with E-state index in [9.17, 15) is 0 Å². The minimum absolute atomic E-state index is 0.251. The fourth-order valence-corrected chi connectivity index (χ4v) is 2.68. The van der Waals surface area contributed by atoms with Crippen LogP contribution < -0.4 is 15.2 Å². The number of aromatic nitrogens is 3. The van der Waals surface area contributed by atoms with Gasteiger partial charge in [-0.05, 0) is 17.7 Å². The van der Waals surface area contributed by atoms with E-state index in [2.05, 4.69) is 22.4 Å². The lowest BCUT2D eigenvalue weighted by atomic mass is 10.1. The van der Waals surface area contributed by atoms with Crippen molar-refractivity contribution in [3.63, 3.8) is 0 Å². The number of nitrogens with zero attached hydrogens (tertiary/aromatic N) is 3. The Morgan fingerprint density at radius 2 is 1.87 bits per heavy atom. The van der Waals surface area contributed by atoms with Crippen molar-refractivity contribution in [2.75, 3.05) is 6.79 Å². The average molecular weight is 308 g/mol. The molecule has 0 atom stereocenters. The SMILES string of the molecule is NCc1nnn(-c2ccc3c(c2)OCO3)c1Cc1ccccc1. The van der Waals surface area contributed by atoms with E-state index in [-0.39, 0.29) is 6.79 Å². The van der Waals surface area contributed by atoms with Crippen LogP contribution in [0.15, 0.2) is 48.5 Å². The van der Waals surface area contributed by atoms with Gasteiger partial charge < -0.3 is 15.2 Å². The smallest absolute Gasteiger partial charge is 0.231 e. The Balaban J connectivity index is 1.75. The Bertz CT molecular complexity index is 830. The molecule has 1 aromatic heterocycles. The highest BCUT2D eigenvalue weighted by atomic mass is 16.7. The summed E-state index contributed by atoms with van der Waals surface area (Å²) in [6.45, 7) is 0.605. The lowest BCUT2D eigenvalue weighted by Crippen LogP contribution is -2.07. The third-order valence-corrected chi connectivity index (χ3v) is 3.85. The fourth-order valence-electron chi connectivity index (χ4n) is 2.68. The molecule has 2 heterocycles. The van der Waals surface area contributed by atoms with Crippen LogP contribution in [0.5, 0.6) is 11.5 Å². The van der Waals surface area contributed by atoms with E-state index < -0.39 is 0 Å². The monoisotopic (exact) mass is 308 g/mol. The van der Waals surface area contributed by atoms with Crippen LogP contribution in [0.25, 0.3) is 5.69 Å². The molecule has 2 N–H and O–H groups in total. The molecule has 1 aliphatic heterocycles. The van der Waals surface area contributed by atoms with E-state index in [1.807, 2.05) is 41.1 Å². The zero-order valence-electron chi connectivity index (χ0n) is 12.5. The third kappa shape index (κ3) is 2.53. The highest BCUT2D eigenvalue weighted by molar-refractivity contribution is 5.50. The van der Waals surface area contributed by atoms with Gasteiger partial charge in [-0.15, -0.1) is 5.10 Å². The van der Waals surface area contributed by atoms with Crippen molar-refractivity contribution in [1.82, 2.24) is 15.0 Å². The predicted molar refractivity (Wildman–Crippen MR) is 84.6 cm³/mol. The van der Waals surface area contributed by atoms with Crippen LogP contribution in [0, 0.1) is 0 Å². The van der Waals surface area contributed by atoms with E-state index in [1.165, 1.54) is 5.56 Å². The third-order valence-electron chi connectivity index (χ3n) is 3.85. The van der Waals surface area contributed by atoms with Crippen LogP contribution >= 0.6 is 0 Å². The molecule has 6 heteroatoms. The highest BCUT2D eigenvalue weighted by Gasteiger charge is 2.18. The summed E-state index contributed by atoms with van der Waals surface area (Å²) in [5.74, 6) is 1.47. The van der Waals surface area contributed by atoms with E-state index in [0.29, 0.717) is 6.54 Å². The van der Waals surface area contributed by atoms with Gasteiger partial charge in [0, 0.05) is 19.0 Å². The van der Waals surface area contributed by atoms with Gasteiger partial charge >= 0.3 is 0 Å². The average Bonchev–Trinajstić information content (AvgIpc) is 3.21. The van der Waals surface area contributed by atoms with Crippen molar-refractivity contribution in [3.05, 3.63) is 65.5 Å². The van der Waals surface area contributed by atoms with Gasteiger partial charge in [0.1, 0.15) is 5.69 Å². The van der Waals surface area contributed by atoms with Crippen LogP contribution in [0.1, 0.15) is 17.0 Å². The number of ether oxygens (including phenoxy) is 2. The van der Waals surface area contributed by atoms with Crippen LogP contribution in [0.4, 0.5) is 0 Å². The van der Waals surface area contributed by atoms with Crippen molar-refractivity contribution >= 4 is 0 Å². The summed E-state index contributed by atoms with van der Waals surface area (Å²) in [6.07, 6.45) is 0.717. The second kappa shape index (κ2) is 5.73. The summed E-state index contributed by atoms with van der Waals surface area (Å²) in [5.41, 5.74) is 9.68. The Morgan fingerprint density at radius 1 is 1.04 bits per heavy atom. The topological polar surface area (TPSA) is 75.2 Å². The summed E-state index contributed by atoms with van der Waals surface area (Å²) in [5, 5.41) is 8.49. The maximum atomic E-state index is 5.83. The first-order valence-corrected chi connectivity index (χ1v) is 7.42. The van der Waals surface area contributed by atoms with E-state index >= 15 is 0 Å². The Labute approximate surface area is 133 Å². The molecule has 3 aromatic rings. The summed E-state index contributed by atoms with van der Waals surface area (Å²) in [4.78, 5) is 0. The lowest BCUT2D eigenvalue weighted by molar-refractivity contribution is 0.174. The summed E-state index contributed by atoms with van der Waals surface area (Å²) in [6, 6.07) is 15.9. The first kappa shape index (κ1) is 13.8. The van der Waals surface area contributed by atoms with Gasteiger partial charge in [0.15, 0.2) is 11.5 Å². The molecule has 0 unspecified atom stereocenters. The predicted octanol–water partition coefficient (Wildman–Crippen LogP) is 2.05. The molecule has 4 rings (SSSR count). The van der Waals surface area contributed by atoms with Crippen LogP contribution in [-0.2, 0) is 13.0 Å². The Hall–Kier alpha value is -2.86. The molecule has 0 amide bonds. The van der Waals surface area contributed by atoms with Gasteiger partial charge in [-0.1, -0.05) is 35.5 Å². The first-order chi connectivity index (χ1) is 11.3. The maximum Gasteiger partial charge on any atom is 0.231 e. The molecular formula is C17H16N4O2. The standard InChI is InChI=1S/C17H16N4O2/c18-10-14-15(8-12-4-2-1-3-5-12)21(20-19-14)13-6-7-16-17(9-13)23-11-22-16/h1-7,9H,8,10-11,18H2. The van der Waals surface area contributed by atoms with Crippen molar-refractivity contribution in [3.8, 4) is 17.2 Å². The van der Waals surface area contributed by atoms with Crippen molar-refractivity contribution in [1.29, 1.82) is 0 Å². The van der Waals surface area contributed by atoms with E-state index in [0.717, 1.165) is 35.0 Å². The second-order valence-electron chi connectivity index (χ2n) is 5.30. The van der Waals surface area contributed by atoms with Crippen molar-refractivity contribution in [2.45, 2.75) is 13.0 Å². The van der Waals surface area contributed by atoms with Crippen LogP contribution in [-0.4, -0.2) is 21.8 Å². The van der Waals surface area contributed by atoms with E-state index in [4.69, 9.17) is 15.2 Å². The molecule has 0 fully saturated rings. The zero-order valence-corrected chi connectivity index (χ0v) is 12.5. The number of hydrogen-bond acceptors (Lipinski definition) is 5. The van der Waals surface area contributed by atoms with Crippen LogP contribution in [0.3, 0.4) is 0 Å². The number of hydrogen-bond donors (Lipinski definition) is 1. The number of nitrogens with two attached hydrogens (primary N) is 1. The van der Waals surface area contributed by atoms with Gasteiger partial charge in [0.05, 0.1) is 11.4 Å². The molecule has 0 spiro atoms. The van der Waals surface area contributed by atoms with Gasteiger partial charge in [0.25, 0.3) is 0 Å². The summed E-state index contributed by atoms with van der Waals surface area (Å²) in [7, 11) is 0. The number of rotatable bonds is 4. The quantitative estimate of drug-likeness (QED) is 0.798. The lowest BCUT2D eigenvalue weighted by Gasteiger charge is -2.09. The first-order valence-electron chi connectivity index (χ1n) is 7.42. The largest absolute Gasteiger partial charge is 0.454 e. The number of fused-ring (bicyclic) bond motifs is 1. The number of benzene rings is 2. The maximum absolute atomic E-state index is 5.83. The van der Waals surface area contributed by atoms with Gasteiger partial charge in [0.2, 0.25) is 6.79 Å². The second-order valence-corrected chi connectivity index (χ2v) is 5.30. The molecular weight excluding hydrogens is 292 g/mol. The molecule has 0 radical (unpaired) electrons. The minimum Gasteiger partial charge on any atom is -0.454 e. The summed E-state index contributed by atoms with van der Waals surface area (Å²) >= 11 is 0. The summed E-state index contributed by atoms with van der Waals surface area (Å²) < 4.78 is 12.6. The highest BCUT2D eigenvalue weighted by Crippen LogP contribution is 2.34. The van der Waals surface area contributed by atoms with Crippen molar-refractivity contribution < 1.29 is 9.47 Å². The van der Waals surface area contributed by atoms with Gasteiger partial charge in [-0.3, -0.25) is 0 Å². The Morgan fingerprint density at radius 3 is 2.70 bits per heavy atom. The van der Waals surface area contributed by atoms with Gasteiger partial charge in [-0.25, -0.2) is 4.68 Å².